The van der Waals surface area contributed by atoms with Crippen molar-refractivity contribution in [2.75, 3.05) is 59.6 Å². The summed E-state index contributed by atoms with van der Waals surface area (Å²) >= 11 is 0. The number of carboxylic acid groups (broad SMARTS) is 1. The lowest BCUT2D eigenvalue weighted by Crippen LogP contribution is -2.66. The Labute approximate surface area is 213 Å². The lowest BCUT2D eigenvalue weighted by atomic mass is 9.60. The molecule has 1 heterocycles. The summed E-state index contributed by atoms with van der Waals surface area (Å²) in [6.45, 7) is 9.07. The first-order chi connectivity index (χ1) is 17.5. The second kappa shape index (κ2) is 16.2. The van der Waals surface area contributed by atoms with E-state index < -0.39 is 12.8 Å². The van der Waals surface area contributed by atoms with Crippen molar-refractivity contribution in [1.29, 1.82) is 0 Å². The Morgan fingerprint density at radius 3 is 2.67 bits per heavy atom. The van der Waals surface area contributed by atoms with Gasteiger partial charge in [0.05, 0.1) is 19.0 Å². The van der Waals surface area contributed by atoms with Crippen molar-refractivity contribution in [3.63, 3.8) is 0 Å². The van der Waals surface area contributed by atoms with Gasteiger partial charge in [0.25, 0.3) is 6.47 Å². The Hall–Kier alpha value is -2.66. The Bertz CT molecular complexity index is 825. The van der Waals surface area contributed by atoms with Crippen LogP contribution in [0.4, 0.5) is 4.39 Å². The third-order valence-electron chi connectivity index (χ3n) is 6.44. The molecule has 1 aliphatic heterocycles. The molecule has 3 rings (SSSR count). The minimum atomic E-state index is -1.15. The van der Waals surface area contributed by atoms with Crippen LogP contribution < -0.4 is 5.32 Å². The molecule has 1 spiro atoms. The van der Waals surface area contributed by atoms with E-state index in [1.807, 2.05) is 7.05 Å². The molecule has 2 fully saturated rings. The number of hydrogen-bond donors (Lipinski definition) is 3. The average molecular weight is 506 g/mol. The van der Waals surface area contributed by atoms with Crippen molar-refractivity contribution in [2.45, 2.75) is 31.5 Å². The molecule has 0 aromatic heterocycles. The molecular weight excluding hydrogens is 465 g/mol. The first-order valence-corrected chi connectivity index (χ1v) is 12.2. The number of ether oxygens (including phenoxy) is 1. The third-order valence-corrected chi connectivity index (χ3v) is 6.44. The molecule has 1 saturated carbocycles. The SMILES string of the molecule is C=N/C=C(\C=NCCN(CCNC)C1CC2(C1)CN(Cc1ccccc1)C2)OCC(O)CF.O=CO. The number of likely N-dealkylation sites (tertiary alicyclic amines) is 1. The molecule has 1 unspecified atom stereocenters. The first-order valence-electron chi connectivity index (χ1n) is 12.2. The van der Waals surface area contributed by atoms with E-state index in [9.17, 15) is 9.50 Å². The molecule has 1 saturated heterocycles. The van der Waals surface area contributed by atoms with Crippen molar-refractivity contribution < 1.29 is 24.1 Å². The lowest BCUT2D eigenvalue weighted by Gasteiger charge is -2.61. The number of alkyl halides is 1. The number of aliphatic imine (C=N–C) groups is 2. The minimum absolute atomic E-state index is 0.135. The number of likely N-dealkylation sites (N-methyl/N-ethyl adjacent to an activating group) is 1. The number of halogens is 1. The third kappa shape index (κ3) is 9.77. The molecule has 1 aromatic rings. The molecule has 0 radical (unpaired) electrons. The van der Waals surface area contributed by atoms with Gasteiger partial charge in [-0.3, -0.25) is 24.6 Å². The highest BCUT2D eigenvalue weighted by molar-refractivity contribution is 5.75. The summed E-state index contributed by atoms with van der Waals surface area (Å²) in [7, 11) is 1.98. The van der Waals surface area contributed by atoms with Crippen molar-refractivity contribution in [3.8, 4) is 0 Å². The van der Waals surface area contributed by atoms with Gasteiger partial charge in [0.15, 0.2) is 5.76 Å². The maximum absolute atomic E-state index is 12.4. The summed E-state index contributed by atoms with van der Waals surface area (Å²) in [6, 6.07) is 11.3. The number of benzene rings is 1. The molecule has 200 valence electrons. The average Bonchev–Trinajstić information content (AvgIpc) is 2.84. The molecule has 0 amide bonds. The van der Waals surface area contributed by atoms with E-state index in [0.29, 0.717) is 23.8 Å². The Morgan fingerprint density at radius 1 is 1.36 bits per heavy atom. The van der Waals surface area contributed by atoms with Crippen molar-refractivity contribution in [2.24, 2.45) is 15.4 Å². The molecule has 0 bridgehead atoms. The van der Waals surface area contributed by atoms with E-state index in [1.54, 1.807) is 6.21 Å². The van der Waals surface area contributed by atoms with Gasteiger partial charge in [0.1, 0.15) is 19.4 Å². The van der Waals surface area contributed by atoms with E-state index >= 15 is 0 Å². The predicted molar refractivity (Wildman–Crippen MR) is 140 cm³/mol. The molecule has 36 heavy (non-hydrogen) atoms. The van der Waals surface area contributed by atoms with E-state index in [-0.39, 0.29) is 13.1 Å². The number of aliphatic hydroxyl groups is 1. The molecule has 3 N–H and O–H groups in total. The smallest absolute Gasteiger partial charge is 0.290 e. The fourth-order valence-electron chi connectivity index (χ4n) is 4.82. The van der Waals surface area contributed by atoms with Crippen molar-refractivity contribution in [3.05, 3.63) is 47.9 Å². The summed E-state index contributed by atoms with van der Waals surface area (Å²) in [4.78, 5) is 21.6. The van der Waals surface area contributed by atoms with Gasteiger partial charge in [0, 0.05) is 45.3 Å². The van der Waals surface area contributed by atoms with Gasteiger partial charge in [-0.25, -0.2) is 4.39 Å². The second-order valence-corrected chi connectivity index (χ2v) is 9.31. The lowest BCUT2D eigenvalue weighted by molar-refractivity contribution is -0.122. The minimum Gasteiger partial charge on any atom is -0.488 e. The van der Waals surface area contributed by atoms with Gasteiger partial charge in [-0.2, -0.15) is 0 Å². The first kappa shape index (κ1) is 29.6. The number of hydrogen-bond acceptors (Lipinski definition) is 8. The van der Waals surface area contributed by atoms with Gasteiger partial charge in [-0.15, -0.1) is 0 Å². The van der Waals surface area contributed by atoms with Crippen LogP contribution in [-0.4, -0.2) is 111 Å². The zero-order valence-corrected chi connectivity index (χ0v) is 21.1. The van der Waals surface area contributed by atoms with Crippen molar-refractivity contribution in [1.82, 2.24) is 15.1 Å². The maximum Gasteiger partial charge on any atom is 0.290 e. The van der Waals surface area contributed by atoms with E-state index in [0.717, 1.165) is 26.2 Å². The Balaban J connectivity index is 0.00000145. The highest BCUT2D eigenvalue weighted by atomic mass is 19.1. The number of aliphatic hydroxyl groups excluding tert-OH is 1. The summed E-state index contributed by atoms with van der Waals surface area (Å²) in [6.07, 6.45) is 4.35. The molecular formula is C26H40FN5O4. The topological polar surface area (TPSA) is 110 Å². The maximum atomic E-state index is 12.4. The summed E-state index contributed by atoms with van der Waals surface area (Å²) in [5.74, 6) is 0.370. The number of rotatable bonds is 15. The van der Waals surface area contributed by atoms with Gasteiger partial charge in [-0.05, 0) is 37.6 Å². The molecule has 1 atom stereocenters. The molecule has 9 nitrogen and oxygen atoms in total. The summed E-state index contributed by atoms with van der Waals surface area (Å²) in [5.41, 5.74) is 1.89. The summed E-state index contributed by atoms with van der Waals surface area (Å²) in [5, 5.41) is 19.5. The number of nitrogens with one attached hydrogen (secondary N) is 1. The number of nitrogens with zero attached hydrogens (tertiary/aromatic N) is 4. The standard InChI is InChI=1S/C25H38FN5O2.CH2O2/c1-27-8-10-31(11-9-29-16-24(15-28-2)33-18-23(32)14-26)22-12-25(13-22)19-30(20-25)17-21-6-4-3-5-7-21;2-1-3/h3-7,15-16,22-23,27,32H,2,8-14,17-20H2,1H3;1H,(H,2,3)/b24-15+,29-16?;. The van der Waals surface area contributed by atoms with Gasteiger partial charge in [0.2, 0.25) is 0 Å². The fraction of sp³-hybridized carbons (Fsp3) is 0.577. The van der Waals surface area contributed by atoms with Crippen LogP contribution in [0.1, 0.15) is 18.4 Å². The quantitative estimate of drug-likeness (QED) is 0.190. The van der Waals surface area contributed by atoms with Gasteiger partial charge < -0.3 is 20.3 Å². The highest BCUT2D eigenvalue weighted by Gasteiger charge is 2.53. The summed E-state index contributed by atoms with van der Waals surface area (Å²) < 4.78 is 17.8. The number of allylic oxidation sites excluding steroid dienone is 1. The van der Waals surface area contributed by atoms with Crippen LogP contribution in [0.5, 0.6) is 0 Å². The second-order valence-electron chi connectivity index (χ2n) is 9.31. The predicted octanol–water partition coefficient (Wildman–Crippen LogP) is 1.83. The Morgan fingerprint density at radius 2 is 2.06 bits per heavy atom. The van der Waals surface area contributed by atoms with Crippen LogP contribution in [0.3, 0.4) is 0 Å². The Kier molecular flexibility index (Phi) is 13.3. The molecule has 10 heteroatoms. The van der Waals surface area contributed by atoms with Gasteiger partial charge >= 0.3 is 0 Å². The molecule has 1 aromatic carbocycles. The van der Waals surface area contributed by atoms with Crippen molar-refractivity contribution >= 4 is 19.4 Å². The van der Waals surface area contributed by atoms with Crippen LogP contribution in [0.2, 0.25) is 0 Å². The molecule has 1 aliphatic carbocycles. The van der Waals surface area contributed by atoms with Crippen LogP contribution in [0.15, 0.2) is 52.3 Å². The normalized spacial score (nSPS) is 18.3. The van der Waals surface area contributed by atoms with Crippen LogP contribution >= 0.6 is 0 Å². The largest absolute Gasteiger partial charge is 0.488 e. The fourth-order valence-corrected chi connectivity index (χ4v) is 4.82. The zero-order valence-electron chi connectivity index (χ0n) is 21.1. The van der Waals surface area contributed by atoms with Crippen LogP contribution in [0.25, 0.3) is 0 Å². The van der Waals surface area contributed by atoms with Crippen LogP contribution in [0, 0.1) is 5.41 Å². The molecule has 2 aliphatic rings. The van der Waals surface area contributed by atoms with E-state index in [2.05, 4.69) is 62.2 Å². The van der Waals surface area contributed by atoms with E-state index in [1.165, 1.54) is 37.7 Å². The van der Waals surface area contributed by atoms with Crippen LogP contribution in [-0.2, 0) is 16.1 Å². The zero-order chi connectivity index (χ0) is 26.2. The van der Waals surface area contributed by atoms with E-state index in [4.69, 9.17) is 14.6 Å². The monoisotopic (exact) mass is 505 g/mol. The van der Waals surface area contributed by atoms with Gasteiger partial charge in [-0.1, -0.05) is 30.3 Å². The highest BCUT2D eigenvalue weighted by Crippen LogP contribution is 2.50. The number of carbonyl (C=O) groups is 1.